The largest absolute Gasteiger partial charge is 0.370 e. The second kappa shape index (κ2) is 8.48. The van der Waals surface area contributed by atoms with E-state index in [4.69, 9.17) is 0 Å². The highest BCUT2D eigenvalue weighted by molar-refractivity contribution is 6.08. The fourth-order valence-corrected chi connectivity index (χ4v) is 3.06. The predicted molar refractivity (Wildman–Crippen MR) is 113 cm³/mol. The SMILES string of the molecule is O=C(Nc1cccc2cccnc12)c1ccc(NCCc2ccccc2F)nc1. The number of fused-ring (bicyclic) bond motifs is 1. The molecule has 0 saturated carbocycles. The van der Waals surface area contributed by atoms with Crippen LogP contribution >= 0.6 is 0 Å². The van der Waals surface area contributed by atoms with Crippen molar-refractivity contribution >= 4 is 28.3 Å². The number of nitrogens with one attached hydrogen (secondary N) is 2. The highest BCUT2D eigenvalue weighted by atomic mass is 19.1. The molecule has 0 spiro atoms. The summed E-state index contributed by atoms with van der Waals surface area (Å²) in [6.45, 7) is 0.543. The zero-order valence-corrected chi connectivity index (χ0v) is 15.6. The number of amides is 1. The van der Waals surface area contributed by atoms with Gasteiger partial charge < -0.3 is 10.6 Å². The van der Waals surface area contributed by atoms with Gasteiger partial charge in [-0.25, -0.2) is 9.37 Å². The highest BCUT2D eigenvalue weighted by Gasteiger charge is 2.10. The summed E-state index contributed by atoms with van der Waals surface area (Å²) in [5.74, 6) is 0.162. The molecule has 4 rings (SSSR count). The number of para-hydroxylation sites is 1. The van der Waals surface area contributed by atoms with Gasteiger partial charge in [0.25, 0.3) is 5.91 Å². The van der Waals surface area contributed by atoms with E-state index in [0.717, 1.165) is 10.9 Å². The standard InChI is InChI=1S/C23H19FN4O/c24-19-8-2-1-5-16(19)12-14-25-21-11-10-18(15-27-21)23(29)28-20-9-3-6-17-7-4-13-26-22(17)20/h1-11,13,15H,12,14H2,(H,25,27)(H,28,29). The van der Waals surface area contributed by atoms with E-state index in [9.17, 15) is 9.18 Å². The maximum absolute atomic E-state index is 13.6. The number of carbonyl (C=O) groups excluding carboxylic acids is 1. The van der Waals surface area contributed by atoms with E-state index in [1.807, 2.05) is 36.4 Å². The van der Waals surface area contributed by atoms with E-state index >= 15 is 0 Å². The summed E-state index contributed by atoms with van der Waals surface area (Å²) in [7, 11) is 0. The first-order chi connectivity index (χ1) is 14.2. The van der Waals surface area contributed by atoms with Crippen molar-refractivity contribution in [3.8, 4) is 0 Å². The molecule has 4 aromatic rings. The quantitative estimate of drug-likeness (QED) is 0.505. The number of pyridine rings is 2. The molecule has 2 aromatic heterocycles. The smallest absolute Gasteiger partial charge is 0.257 e. The van der Waals surface area contributed by atoms with E-state index in [2.05, 4.69) is 20.6 Å². The van der Waals surface area contributed by atoms with E-state index in [1.165, 1.54) is 12.3 Å². The normalized spacial score (nSPS) is 10.7. The lowest BCUT2D eigenvalue weighted by molar-refractivity contribution is 0.102. The molecule has 0 bridgehead atoms. The molecule has 0 unspecified atom stereocenters. The Kier molecular flexibility index (Phi) is 5.42. The van der Waals surface area contributed by atoms with Crippen LogP contribution in [0.1, 0.15) is 15.9 Å². The van der Waals surface area contributed by atoms with Crippen LogP contribution in [0.25, 0.3) is 10.9 Å². The number of rotatable bonds is 6. The third-order valence-electron chi connectivity index (χ3n) is 4.56. The van der Waals surface area contributed by atoms with Crippen LogP contribution in [0.4, 0.5) is 15.9 Å². The van der Waals surface area contributed by atoms with Gasteiger partial charge in [0.15, 0.2) is 0 Å². The second-order valence-corrected chi connectivity index (χ2v) is 6.54. The molecule has 2 heterocycles. The lowest BCUT2D eigenvalue weighted by Gasteiger charge is -2.09. The maximum atomic E-state index is 13.6. The molecular weight excluding hydrogens is 367 g/mol. The van der Waals surface area contributed by atoms with Crippen LogP contribution < -0.4 is 10.6 Å². The van der Waals surface area contributed by atoms with Crippen molar-refractivity contribution in [2.24, 2.45) is 0 Å². The first-order valence-electron chi connectivity index (χ1n) is 9.29. The number of halogens is 1. The zero-order chi connectivity index (χ0) is 20.1. The number of aromatic nitrogens is 2. The molecule has 0 fully saturated rings. The number of benzene rings is 2. The van der Waals surface area contributed by atoms with Crippen molar-refractivity contribution in [1.82, 2.24) is 9.97 Å². The van der Waals surface area contributed by atoms with E-state index in [1.54, 1.807) is 30.5 Å². The van der Waals surface area contributed by atoms with Gasteiger partial charge >= 0.3 is 0 Å². The van der Waals surface area contributed by atoms with Crippen LogP contribution in [0, 0.1) is 5.82 Å². The van der Waals surface area contributed by atoms with Crippen molar-refractivity contribution < 1.29 is 9.18 Å². The summed E-state index contributed by atoms with van der Waals surface area (Å²) in [5, 5.41) is 6.99. The lowest BCUT2D eigenvalue weighted by Crippen LogP contribution is -2.13. The van der Waals surface area contributed by atoms with Gasteiger partial charge in [-0.2, -0.15) is 0 Å². The monoisotopic (exact) mass is 386 g/mol. The van der Waals surface area contributed by atoms with Crippen LogP contribution in [0.2, 0.25) is 0 Å². The molecule has 2 aromatic carbocycles. The van der Waals surface area contributed by atoms with Crippen molar-refractivity contribution in [2.45, 2.75) is 6.42 Å². The minimum Gasteiger partial charge on any atom is -0.370 e. The molecule has 2 N–H and O–H groups in total. The summed E-state index contributed by atoms with van der Waals surface area (Å²) in [6.07, 6.45) is 3.76. The Morgan fingerprint density at radius 1 is 0.931 bits per heavy atom. The zero-order valence-electron chi connectivity index (χ0n) is 15.6. The molecule has 0 radical (unpaired) electrons. The van der Waals surface area contributed by atoms with Gasteiger partial charge in [-0.15, -0.1) is 0 Å². The molecule has 1 amide bonds. The first kappa shape index (κ1) is 18.6. The van der Waals surface area contributed by atoms with Crippen LogP contribution in [0.3, 0.4) is 0 Å². The Morgan fingerprint density at radius 3 is 2.62 bits per heavy atom. The number of hydrogen-bond acceptors (Lipinski definition) is 4. The van der Waals surface area contributed by atoms with Crippen LogP contribution in [0.15, 0.2) is 79.1 Å². The van der Waals surface area contributed by atoms with Crippen LogP contribution in [-0.4, -0.2) is 22.4 Å². The molecule has 29 heavy (non-hydrogen) atoms. The molecule has 0 aliphatic carbocycles. The summed E-state index contributed by atoms with van der Waals surface area (Å²) < 4.78 is 13.6. The minimum atomic E-state index is -0.256. The lowest BCUT2D eigenvalue weighted by atomic mass is 10.1. The average molecular weight is 386 g/mol. The molecule has 144 valence electrons. The molecule has 5 nitrogen and oxygen atoms in total. The van der Waals surface area contributed by atoms with Gasteiger partial charge in [-0.05, 0) is 42.3 Å². The van der Waals surface area contributed by atoms with Gasteiger partial charge in [0.05, 0.1) is 16.8 Å². The Hall–Kier alpha value is -3.80. The summed E-state index contributed by atoms with van der Waals surface area (Å²) in [5.41, 5.74) is 2.49. The van der Waals surface area contributed by atoms with Gasteiger partial charge in [-0.3, -0.25) is 9.78 Å². The predicted octanol–water partition coefficient (Wildman–Crippen LogP) is 4.68. The molecule has 0 aliphatic rings. The summed E-state index contributed by atoms with van der Waals surface area (Å²) >= 11 is 0. The fraction of sp³-hybridized carbons (Fsp3) is 0.0870. The fourth-order valence-electron chi connectivity index (χ4n) is 3.06. The third kappa shape index (κ3) is 4.38. The van der Waals surface area contributed by atoms with Crippen molar-refractivity contribution in [1.29, 1.82) is 0 Å². The Labute approximate surface area is 167 Å². The highest BCUT2D eigenvalue weighted by Crippen LogP contribution is 2.21. The second-order valence-electron chi connectivity index (χ2n) is 6.54. The Bertz CT molecular complexity index is 1140. The van der Waals surface area contributed by atoms with Gasteiger partial charge in [-0.1, -0.05) is 36.4 Å². The van der Waals surface area contributed by atoms with Crippen LogP contribution in [0.5, 0.6) is 0 Å². The van der Waals surface area contributed by atoms with Gasteiger partial charge in [0, 0.05) is 24.3 Å². The molecular formula is C23H19FN4O. The van der Waals surface area contributed by atoms with Crippen molar-refractivity contribution in [2.75, 3.05) is 17.2 Å². The molecule has 0 aliphatic heterocycles. The van der Waals surface area contributed by atoms with Crippen molar-refractivity contribution in [3.05, 3.63) is 96.1 Å². The average Bonchev–Trinajstić information content (AvgIpc) is 2.76. The number of carbonyl (C=O) groups is 1. The van der Waals surface area contributed by atoms with Gasteiger partial charge in [0.2, 0.25) is 0 Å². The van der Waals surface area contributed by atoms with Crippen molar-refractivity contribution in [3.63, 3.8) is 0 Å². The molecule has 0 atom stereocenters. The first-order valence-corrected chi connectivity index (χ1v) is 9.29. The topological polar surface area (TPSA) is 66.9 Å². The third-order valence-corrected chi connectivity index (χ3v) is 4.56. The molecule has 0 saturated heterocycles. The minimum absolute atomic E-state index is 0.211. The molecule has 6 heteroatoms. The number of anilines is 2. The van der Waals surface area contributed by atoms with E-state index < -0.39 is 0 Å². The number of hydrogen-bond donors (Lipinski definition) is 2. The Morgan fingerprint density at radius 2 is 1.79 bits per heavy atom. The summed E-state index contributed by atoms with van der Waals surface area (Å²) in [4.78, 5) is 21.2. The Balaban J connectivity index is 1.38. The van der Waals surface area contributed by atoms with E-state index in [-0.39, 0.29) is 11.7 Å². The number of nitrogens with zero attached hydrogens (tertiary/aromatic N) is 2. The van der Waals surface area contributed by atoms with Crippen LogP contribution in [-0.2, 0) is 6.42 Å². The van der Waals surface area contributed by atoms with Gasteiger partial charge in [0.1, 0.15) is 11.6 Å². The summed E-state index contributed by atoms with van der Waals surface area (Å²) in [6, 6.07) is 19.6. The van der Waals surface area contributed by atoms with E-state index in [0.29, 0.717) is 35.6 Å². The maximum Gasteiger partial charge on any atom is 0.257 e.